The van der Waals surface area contributed by atoms with Gasteiger partial charge >= 0.3 is 17.9 Å². The maximum atomic E-state index is 13.3. The van der Waals surface area contributed by atoms with Crippen LogP contribution in [0, 0.1) is 13.8 Å². The molecule has 3 N–H and O–H groups in total. The smallest absolute Gasteiger partial charge is 0.347 e. The summed E-state index contributed by atoms with van der Waals surface area (Å²) in [5, 5.41) is 23.3. The van der Waals surface area contributed by atoms with Gasteiger partial charge in [0, 0.05) is 17.0 Å². The molecule has 0 fully saturated rings. The number of rotatable bonds is 7. The van der Waals surface area contributed by atoms with Crippen LogP contribution in [0.5, 0.6) is 6.01 Å². The molecular weight excluding hydrogens is 464 g/mol. The van der Waals surface area contributed by atoms with Gasteiger partial charge in [0.15, 0.2) is 0 Å². The van der Waals surface area contributed by atoms with Crippen molar-refractivity contribution in [2.45, 2.75) is 38.5 Å². The van der Waals surface area contributed by atoms with Gasteiger partial charge in [0.25, 0.3) is 0 Å². The van der Waals surface area contributed by atoms with Crippen LogP contribution in [0.25, 0.3) is 0 Å². The Balaban J connectivity index is 2.01. The first-order chi connectivity index (χ1) is 17.1. The van der Waals surface area contributed by atoms with Crippen LogP contribution in [0.2, 0.25) is 0 Å². The van der Waals surface area contributed by atoms with Gasteiger partial charge in [-0.3, -0.25) is 15.0 Å². The molecule has 1 aliphatic rings. The highest BCUT2D eigenvalue weighted by Crippen LogP contribution is 2.42. The minimum atomic E-state index is -1.63. The van der Waals surface area contributed by atoms with Crippen LogP contribution in [-0.2, 0) is 19.9 Å². The normalized spacial score (nSPS) is 19.1. The highest BCUT2D eigenvalue weighted by molar-refractivity contribution is 6.02. The summed E-state index contributed by atoms with van der Waals surface area (Å²) in [4.78, 5) is 47.7. The number of carboxylic acids is 2. The maximum absolute atomic E-state index is 13.3. The van der Waals surface area contributed by atoms with Crippen LogP contribution >= 0.6 is 0 Å². The summed E-state index contributed by atoms with van der Waals surface area (Å²) in [6.45, 7) is 4.55. The van der Waals surface area contributed by atoms with Crippen molar-refractivity contribution in [3.8, 4) is 6.01 Å². The summed E-state index contributed by atoms with van der Waals surface area (Å²) in [6, 6.07) is 15.8. The lowest BCUT2D eigenvalue weighted by molar-refractivity contribution is -0.149. The first kappa shape index (κ1) is 24.8. The minimum Gasteiger partial charge on any atom is -0.480 e. The molecule has 4 rings (SSSR count). The molecule has 0 saturated heterocycles. The standard InChI is InChI=1S/C26H26N4O6/c1-15-13-16(2)29-25(28-15)36-22(24(34)35)26(18-9-5-4-6-10-18)19-11-7-8-12-20(19)30(17(3)23(32)33)21(31)14-27-26/h4-13,17,22,27H,14H2,1-3H3,(H,32,33)(H,34,35). The number of aliphatic carboxylic acids is 2. The average molecular weight is 491 g/mol. The molecule has 10 nitrogen and oxygen atoms in total. The third kappa shape index (κ3) is 4.38. The first-order valence-electron chi connectivity index (χ1n) is 11.3. The average Bonchev–Trinajstić information content (AvgIpc) is 2.96. The van der Waals surface area contributed by atoms with Gasteiger partial charge < -0.3 is 14.9 Å². The molecule has 0 radical (unpaired) electrons. The summed E-state index contributed by atoms with van der Waals surface area (Å²) < 4.78 is 6.00. The lowest BCUT2D eigenvalue weighted by atomic mass is 9.77. The lowest BCUT2D eigenvalue weighted by Gasteiger charge is -2.39. The number of anilines is 1. The van der Waals surface area contributed by atoms with Crippen molar-refractivity contribution in [2.24, 2.45) is 0 Å². The van der Waals surface area contributed by atoms with Crippen molar-refractivity contribution in [2.75, 3.05) is 11.4 Å². The van der Waals surface area contributed by atoms with Crippen molar-refractivity contribution in [3.05, 3.63) is 83.2 Å². The lowest BCUT2D eigenvalue weighted by Crippen LogP contribution is -2.58. The van der Waals surface area contributed by atoms with E-state index in [4.69, 9.17) is 4.74 Å². The van der Waals surface area contributed by atoms with E-state index in [0.29, 0.717) is 22.5 Å². The SMILES string of the molecule is Cc1cc(C)nc(OC(C(=O)O)C2(c3ccccc3)NCC(=O)N(C(C)C(=O)O)c3ccccc32)n1. The van der Waals surface area contributed by atoms with Crippen LogP contribution < -0.4 is 15.0 Å². The molecule has 0 bridgehead atoms. The topological polar surface area (TPSA) is 142 Å². The fourth-order valence-electron chi connectivity index (χ4n) is 4.60. The van der Waals surface area contributed by atoms with E-state index in [1.165, 1.54) is 11.8 Å². The van der Waals surface area contributed by atoms with Gasteiger partial charge in [-0.2, -0.15) is 0 Å². The number of carbonyl (C=O) groups excluding carboxylic acids is 1. The number of benzene rings is 2. The number of aromatic nitrogens is 2. The van der Waals surface area contributed by atoms with Gasteiger partial charge in [-0.05, 0) is 38.5 Å². The predicted octanol–water partition coefficient (Wildman–Crippen LogP) is 2.28. The molecule has 2 heterocycles. The van der Waals surface area contributed by atoms with Gasteiger partial charge in [0.05, 0.1) is 12.2 Å². The molecule has 3 atom stereocenters. The summed E-state index contributed by atoms with van der Waals surface area (Å²) in [5.41, 5.74) is 0.733. The second kappa shape index (κ2) is 9.74. The van der Waals surface area contributed by atoms with E-state index in [1.807, 2.05) is 0 Å². The molecule has 1 aromatic heterocycles. The summed E-state index contributed by atoms with van der Waals surface area (Å²) >= 11 is 0. The minimum absolute atomic E-state index is 0.124. The number of carbonyl (C=O) groups is 3. The number of nitrogens with one attached hydrogen (secondary N) is 1. The van der Waals surface area contributed by atoms with Crippen molar-refractivity contribution in [3.63, 3.8) is 0 Å². The molecule has 186 valence electrons. The number of para-hydroxylation sites is 1. The number of hydrogen-bond donors (Lipinski definition) is 3. The van der Waals surface area contributed by atoms with Gasteiger partial charge in [0.1, 0.15) is 11.6 Å². The van der Waals surface area contributed by atoms with Crippen LogP contribution in [0.1, 0.15) is 29.4 Å². The molecule has 10 heteroatoms. The van der Waals surface area contributed by atoms with E-state index in [1.54, 1.807) is 74.5 Å². The molecule has 1 amide bonds. The van der Waals surface area contributed by atoms with E-state index in [9.17, 15) is 24.6 Å². The molecule has 3 unspecified atom stereocenters. The van der Waals surface area contributed by atoms with Crippen molar-refractivity contribution >= 4 is 23.5 Å². The number of nitrogens with zero attached hydrogens (tertiary/aromatic N) is 3. The van der Waals surface area contributed by atoms with Crippen molar-refractivity contribution in [1.29, 1.82) is 0 Å². The zero-order valence-corrected chi connectivity index (χ0v) is 20.0. The van der Waals surface area contributed by atoms with Crippen LogP contribution in [0.4, 0.5) is 5.69 Å². The quantitative estimate of drug-likeness (QED) is 0.455. The molecule has 3 aromatic rings. The molecule has 2 aromatic carbocycles. The number of hydrogen-bond acceptors (Lipinski definition) is 7. The van der Waals surface area contributed by atoms with Gasteiger partial charge in [-0.1, -0.05) is 48.5 Å². The Bertz CT molecular complexity index is 1290. The van der Waals surface area contributed by atoms with E-state index in [2.05, 4.69) is 15.3 Å². The van der Waals surface area contributed by atoms with Crippen molar-refractivity contribution < 1.29 is 29.3 Å². The molecule has 0 aliphatic carbocycles. The Morgan fingerprint density at radius 2 is 1.61 bits per heavy atom. The number of amides is 1. The number of fused-ring (bicyclic) bond motifs is 1. The molecule has 0 saturated carbocycles. The zero-order valence-electron chi connectivity index (χ0n) is 20.0. The molecular formula is C26H26N4O6. The van der Waals surface area contributed by atoms with E-state index in [0.717, 1.165) is 0 Å². The number of ether oxygens (including phenoxy) is 1. The highest BCUT2D eigenvalue weighted by Gasteiger charge is 2.52. The molecule has 0 spiro atoms. The molecule has 36 heavy (non-hydrogen) atoms. The molecule has 1 aliphatic heterocycles. The third-order valence-electron chi connectivity index (χ3n) is 6.15. The van der Waals surface area contributed by atoms with Crippen molar-refractivity contribution in [1.82, 2.24) is 15.3 Å². The Labute approximate surface area is 207 Å². The number of carboxylic acid groups (broad SMARTS) is 2. The fourth-order valence-corrected chi connectivity index (χ4v) is 4.60. The zero-order chi connectivity index (χ0) is 26.0. The third-order valence-corrected chi connectivity index (χ3v) is 6.15. The van der Waals surface area contributed by atoms with Gasteiger partial charge in [-0.15, -0.1) is 0 Å². The predicted molar refractivity (Wildman–Crippen MR) is 130 cm³/mol. The van der Waals surface area contributed by atoms with Gasteiger partial charge in [-0.25, -0.2) is 19.6 Å². The van der Waals surface area contributed by atoms with E-state index < -0.39 is 35.5 Å². The summed E-state index contributed by atoms with van der Waals surface area (Å²) in [5.74, 6) is -3.04. The monoisotopic (exact) mass is 490 g/mol. The Morgan fingerprint density at radius 1 is 1.00 bits per heavy atom. The second-order valence-electron chi connectivity index (χ2n) is 8.59. The maximum Gasteiger partial charge on any atom is 0.347 e. The highest BCUT2D eigenvalue weighted by atomic mass is 16.5. The largest absolute Gasteiger partial charge is 0.480 e. The fraction of sp³-hybridized carbons (Fsp3) is 0.269. The number of aryl methyl sites for hydroxylation is 2. The van der Waals surface area contributed by atoms with Gasteiger partial charge in [0.2, 0.25) is 12.0 Å². The Hall–Kier alpha value is -4.31. The Morgan fingerprint density at radius 3 is 2.22 bits per heavy atom. The Kier molecular flexibility index (Phi) is 6.71. The first-order valence-corrected chi connectivity index (χ1v) is 11.3. The van der Waals surface area contributed by atoms with E-state index in [-0.39, 0.29) is 18.2 Å². The van der Waals surface area contributed by atoms with E-state index >= 15 is 0 Å². The van der Waals surface area contributed by atoms with Crippen LogP contribution in [-0.4, -0.2) is 56.7 Å². The van der Waals surface area contributed by atoms with Crippen LogP contribution in [0.15, 0.2) is 60.7 Å². The van der Waals surface area contributed by atoms with Crippen LogP contribution in [0.3, 0.4) is 0 Å². The summed E-state index contributed by atoms with van der Waals surface area (Å²) in [7, 11) is 0. The summed E-state index contributed by atoms with van der Waals surface area (Å²) in [6.07, 6.45) is -1.63. The second-order valence-corrected chi connectivity index (χ2v) is 8.59.